The van der Waals surface area contributed by atoms with Crippen LogP contribution < -0.4 is 14.9 Å². The molecule has 0 spiro atoms. The third kappa shape index (κ3) is 5.61. The average molecular weight is 492 g/mol. The number of hydrogen-bond acceptors (Lipinski definition) is 4. The van der Waals surface area contributed by atoms with Crippen molar-refractivity contribution < 1.29 is 18.0 Å². The topological polar surface area (TPSA) is 95.6 Å². The molecule has 3 aromatic carbocycles. The van der Waals surface area contributed by atoms with E-state index in [-0.39, 0.29) is 17.2 Å². The Bertz CT molecular complexity index is 1370. The van der Waals surface area contributed by atoms with Crippen molar-refractivity contribution in [2.45, 2.75) is 44.6 Å². The van der Waals surface area contributed by atoms with Gasteiger partial charge < -0.3 is 10.2 Å². The monoisotopic (exact) mass is 491 g/mol. The molecule has 0 bridgehead atoms. The fourth-order valence-electron chi connectivity index (χ4n) is 4.26. The number of fused-ring (bicyclic) bond motifs is 1. The number of nitrogens with one attached hydrogen (secondary N) is 2. The number of benzene rings is 3. The van der Waals surface area contributed by atoms with Gasteiger partial charge in [-0.3, -0.25) is 9.59 Å². The molecule has 8 heteroatoms. The summed E-state index contributed by atoms with van der Waals surface area (Å²) in [6.07, 6.45) is 0.776. The molecule has 0 saturated heterocycles. The molecule has 1 heterocycles. The van der Waals surface area contributed by atoms with Gasteiger partial charge in [0, 0.05) is 24.8 Å². The van der Waals surface area contributed by atoms with Crippen molar-refractivity contribution in [1.82, 2.24) is 4.72 Å². The summed E-state index contributed by atoms with van der Waals surface area (Å²) >= 11 is 0. The SMILES string of the molecule is CC(=O)N1CCc2cc(S(=O)(=O)N[C@H](Cc3ccccc3)C(=O)Nc3cc(C)ccc3C)ccc21. The van der Waals surface area contributed by atoms with Crippen LogP contribution in [0, 0.1) is 13.8 Å². The first-order valence-corrected chi connectivity index (χ1v) is 13.0. The number of carbonyl (C=O) groups is 2. The van der Waals surface area contributed by atoms with Crippen molar-refractivity contribution in [2.24, 2.45) is 0 Å². The van der Waals surface area contributed by atoms with E-state index < -0.39 is 22.0 Å². The van der Waals surface area contributed by atoms with E-state index >= 15 is 0 Å². The van der Waals surface area contributed by atoms with Gasteiger partial charge in [-0.2, -0.15) is 4.72 Å². The fraction of sp³-hybridized carbons (Fsp3) is 0.259. The lowest BCUT2D eigenvalue weighted by molar-refractivity contribution is -0.118. The quantitative estimate of drug-likeness (QED) is 0.526. The van der Waals surface area contributed by atoms with E-state index in [1.165, 1.54) is 13.0 Å². The Labute approximate surface area is 206 Å². The van der Waals surface area contributed by atoms with E-state index in [1.54, 1.807) is 17.0 Å². The minimum absolute atomic E-state index is 0.0687. The van der Waals surface area contributed by atoms with Gasteiger partial charge in [-0.25, -0.2) is 8.42 Å². The second kappa shape index (κ2) is 10.0. The van der Waals surface area contributed by atoms with Gasteiger partial charge in [-0.1, -0.05) is 42.5 Å². The van der Waals surface area contributed by atoms with Gasteiger partial charge in [0.2, 0.25) is 21.8 Å². The molecule has 0 fully saturated rings. The van der Waals surface area contributed by atoms with Gasteiger partial charge in [0.25, 0.3) is 0 Å². The third-order valence-corrected chi connectivity index (χ3v) is 7.65. The number of hydrogen-bond donors (Lipinski definition) is 2. The van der Waals surface area contributed by atoms with E-state index in [9.17, 15) is 18.0 Å². The summed E-state index contributed by atoms with van der Waals surface area (Å²) < 4.78 is 29.3. The van der Waals surface area contributed by atoms with Crippen LogP contribution in [0.5, 0.6) is 0 Å². The molecule has 2 amide bonds. The summed E-state index contributed by atoms with van der Waals surface area (Å²) in [5.74, 6) is -0.515. The molecule has 3 aromatic rings. The molecular weight excluding hydrogens is 462 g/mol. The minimum atomic E-state index is -4.01. The molecule has 4 rings (SSSR count). The number of nitrogens with zero attached hydrogens (tertiary/aromatic N) is 1. The lowest BCUT2D eigenvalue weighted by atomic mass is 10.1. The lowest BCUT2D eigenvalue weighted by Crippen LogP contribution is -2.45. The first-order valence-electron chi connectivity index (χ1n) is 11.5. The van der Waals surface area contributed by atoms with Crippen LogP contribution in [0.1, 0.15) is 29.2 Å². The fourth-order valence-corrected chi connectivity index (χ4v) is 5.50. The van der Waals surface area contributed by atoms with Gasteiger partial charge in [-0.05, 0) is 73.2 Å². The second-order valence-corrected chi connectivity index (χ2v) is 10.6. The molecule has 0 unspecified atom stereocenters. The van der Waals surface area contributed by atoms with E-state index in [4.69, 9.17) is 0 Å². The van der Waals surface area contributed by atoms with Gasteiger partial charge in [-0.15, -0.1) is 0 Å². The van der Waals surface area contributed by atoms with E-state index in [0.717, 1.165) is 27.9 Å². The summed E-state index contributed by atoms with van der Waals surface area (Å²) in [6.45, 7) is 5.83. The Hall–Kier alpha value is -3.49. The summed E-state index contributed by atoms with van der Waals surface area (Å²) in [5.41, 5.74) is 4.88. The second-order valence-electron chi connectivity index (χ2n) is 8.88. The van der Waals surface area contributed by atoms with Gasteiger partial charge in [0.05, 0.1) is 4.90 Å². The van der Waals surface area contributed by atoms with Crippen LogP contribution in [0.2, 0.25) is 0 Å². The summed E-state index contributed by atoms with van der Waals surface area (Å²) in [4.78, 5) is 26.8. The first kappa shape index (κ1) is 24.6. The molecule has 0 aromatic heterocycles. The highest BCUT2D eigenvalue weighted by molar-refractivity contribution is 7.89. The van der Waals surface area contributed by atoms with Crippen molar-refractivity contribution in [2.75, 3.05) is 16.8 Å². The van der Waals surface area contributed by atoms with E-state index in [0.29, 0.717) is 18.7 Å². The molecule has 1 aliphatic rings. The van der Waals surface area contributed by atoms with E-state index in [2.05, 4.69) is 10.0 Å². The van der Waals surface area contributed by atoms with Crippen molar-refractivity contribution in [3.05, 3.63) is 89.0 Å². The highest BCUT2D eigenvalue weighted by atomic mass is 32.2. The number of amides is 2. The van der Waals surface area contributed by atoms with Crippen molar-refractivity contribution in [3.63, 3.8) is 0 Å². The van der Waals surface area contributed by atoms with Crippen LogP contribution in [0.3, 0.4) is 0 Å². The largest absolute Gasteiger partial charge is 0.324 e. The van der Waals surface area contributed by atoms with Crippen LogP contribution in [0.4, 0.5) is 11.4 Å². The Kier molecular flexibility index (Phi) is 7.05. The van der Waals surface area contributed by atoms with Crippen LogP contribution in [0.15, 0.2) is 71.6 Å². The Morgan fingerprint density at radius 2 is 1.74 bits per heavy atom. The maximum Gasteiger partial charge on any atom is 0.242 e. The number of sulfonamides is 1. The van der Waals surface area contributed by atoms with Gasteiger partial charge in [0.1, 0.15) is 6.04 Å². The number of rotatable bonds is 7. The smallest absolute Gasteiger partial charge is 0.242 e. The van der Waals surface area contributed by atoms with Crippen LogP contribution in [0.25, 0.3) is 0 Å². The van der Waals surface area contributed by atoms with Crippen LogP contribution in [-0.2, 0) is 32.5 Å². The zero-order valence-corrected chi connectivity index (χ0v) is 20.9. The van der Waals surface area contributed by atoms with Crippen molar-refractivity contribution >= 4 is 33.2 Å². The molecule has 7 nitrogen and oxygen atoms in total. The molecule has 0 saturated carbocycles. The molecule has 2 N–H and O–H groups in total. The zero-order valence-electron chi connectivity index (χ0n) is 20.0. The lowest BCUT2D eigenvalue weighted by Gasteiger charge is -2.20. The van der Waals surface area contributed by atoms with Gasteiger partial charge >= 0.3 is 0 Å². The summed E-state index contributed by atoms with van der Waals surface area (Å²) in [5, 5.41) is 2.90. The number of carbonyl (C=O) groups excluding carboxylic acids is 2. The summed E-state index contributed by atoms with van der Waals surface area (Å²) in [6, 6.07) is 18.7. The normalized spacial score (nSPS) is 13.9. The standard InChI is InChI=1S/C27H29N3O4S/c1-18-9-10-19(2)24(15-18)28-27(32)25(16-21-7-5-4-6-8-21)29-35(33,34)23-11-12-26-22(17-23)13-14-30(26)20(3)31/h4-12,15,17,25,29H,13-14,16H2,1-3H3,(H,28,32)/t25-/m1/s1. The van der Waals surface area contributed by atoms with Crippen molar-refractivity contribution in [1.29, 1.82) is 0 Å². The highest BCUT2D eigenvalue weighted by Crippen LogP contribution is 2.30. The van der Waals surface area contributed by atoms with Gasteiger partial charge in [0.15, 0.2) is 0 Å². The van der Waals surface area contributed by atoms with Crippen molar-refractivity contribution in [3.8, 4) is 0 Å². The Morgan fingerprint density at radius 3 is 2.46 bits per heavy atom. The molecule has 1 atom stereocenters. The predicted octanol–water partition coefficient (Wildman–Crippen LogP) is 3.74. The number of aryl methyl sites for hydroxylation is 2. The molecule has 1 aliphatic heterocycles. The first-order chi connectivity index (χ1) is 16.6. The zero-order chi connectivity index (χ0) is 25.2. The molecule has 0 aliphatic carbocycles. The maximum absolute atomic E-state index is 13.4. The Balaban J connectivity index is 1.61. The molecule has 0 radical (unpaired) electrons. The summed E-state index contributed by atoms with van der Waals surface area (Å²) in [7, 11) is -4.01. The highest BCUT2D eigenvalue weighted by Gasteiger charge is 2.29. The minimum Gasteiger partial charge on any atom is -0.324 e. The predicted molar refractivity (Wildman–Crippen MR) is 137 cm³/mol. The Morgan fingerprint density at radius 1 is 1.00 bits per heavy atom. The van der Waals surface area contributed by atoms with Crippen LogP contribution >= 0.6 is 0 Å². The molecule has 35 heavy (non-hydrogen) atoms. The molecular formula is C27H29N3O4S. The maximum atomic E-state index is 13.4. The molecule has 182 valence electrons. The third-order valence-electron chi connectivity index (χ3n) is 6.18. The van der Waals surface area contributed by atoms with E-state index in [1.807, 2.05) is 62.4 Å². The average Bonchev–Trinajstić information content (AvgIpc) is 3.25. The van der Waals surface area contributed by atoms with Crippen LogP contribution in [-0.4, -0.2) is 32.8 Å². The number of anilines is 2.